The molecule has 98 heavy (non-hydrogen) atoms. The summed E-state index contributed by atoms with van der Waals surface area (Å²) in [4.78, 5) is 116. The number of esters is 4. The van der Waals surface area contributed by atoms with E-state index in [1.165, 1.54) is 77.8 Å². The molecule has 0 saturated heterocycles. The van der Waals surface area contributed by atoms with Crippen LogP contribution in [-0.4, -0.2) is 95.0 Å². The number of aryl methyl sites for hydroxylation is 2. The number of carbonyl (C=O) groups is 6. The molecule has 4 aromatic carbocycles. The second kappa shape index (κ2) is 30.3. The van der Waals surface area contributed by atoms with Gasteiger partial charge in [-0.25, -0.2) is 0 Å². The number of ether oxygens (including phenoxy) is 8. The van der Waals surface area contributed by atoms with Crippen LogP contribution in [0.4, 0.5) is 11.4 Å². The van der Waals surface area contributed by atoms with Gasteiger partial charge in [-0.2, -0.15) is 0 Å². The Morgan fingerprint density at radius 1 is 0.480 bits per heavy atom. The third kappa shape index (κ3) is 15.0. The maximum absolute atomic E-state index is 15.7. The summed E-state index contributed by atoms with van der Waals surface area (Å²) < 4.78 is 48.0. The maximum Gasteiger partial charge on any atom is 0.323 e. The van der Waals surface area contributed by atoms with E-state index in [-0.39, 0.29) is 111 Å². The average Bonchev–Trinajstić information content (AvgIpc) is 1.55. The van der Waals surface area contributed by atoms with Crippen LogP contribution in [0.15, 0.2) is 132 Å². The highest BCUT2D eigenvalue weighted by Gasteiger charge is 2.50. The molecule has 0 spiro atoms. The van der Waals surface area contributed by atoms with Crippen LogP contribution in [0, 0.1) is 44.9 Å². The number of nitro benzene ring substituents is 2. The van der Waals surface area contributed by atoms with E-state index in [9.17, 15) is 39.4 Å². The lowest BCUT2D eigenvalue weighted by Crippen LogP contribution is -2.40. The zero-order valence-electron chi connectivity index (χ0n) is 55.5. The van der Waals surface area contributed by atoms with Crippen LogP contribution in [-0.2, 0) is 60.8 Å². The fourth-order valence-corrected chi connectivity index (χ4v) is 15.9. The van der Waals surface area contributed by atoms with Crippen molar-refractivity contribution in [3.8, 4) is 32.8 Å². The number of rotatable bonds is 31. The van der Waals surface area contributed by atoms with Crippen molar-refractivity contribution in [3.05, 3.63) is 194 Å². The number of fused-ring (bicyclic) bond motifs is 2. The Balaban J connectivity index is 0.939. The van der Waals surface area contributed by atoms with Crippen molar-refractivity contribution in [1.82, 2.24) is 9.80 Å². The highest BCUT2D eigenvalue weighted by molar-refractivity contribution is 7.31. The normalized spacial score (nSPS) is 13.8. The lowest BCUT2D eigenvalue weighted by molar-refractivity contribution is -0.386. The molecule has 8 aromatic rings. The maximum atomic E-state index is 15.7. The Morgan fingerprint density at radius 3 is 1.31 bits per heavy atom. The Labute approximate surface area is 581 Å². The first kappa shape index (κ1) is 71.0. The fraction of sp³-hybridized carbons (Fsp3) is 0.333. The molecule has 10 rings (SSSR count). The minimum Gasteiger partial charge on any atom is -0.494 e. The van der Waals surface area contributed by atoms with Gasteiger partial charge >= 0.3 is 23.9 Å². The van der Waals surface area contributed by atoms with Gasteiger partial charge in [-0.15, -0.1) is 45.3 Å². The van der Waals surface area contributed by atoms with Crippen molar-refractivity contribution >= 4 is 113 Å². The van der Waals surface area contributed by atoms with Gasteiger partial charge in [-0.05, 0) is 165 Å². The first-order valence-corrected chi connectivity index (χ1v) is 35.0. The second-order valence-corrected chi connectivity index (χ2v) is 28.3. The van der Waals surface area contributed by atoms with Crippen LogP contribution in [0.3, 0.4) is 0 Å². The molecule has 2 unspecified atom stereocenters. The van der Waals surface area contributed by atoms with Crippen LogP contribution >= 0.6 is 45.3 Å². The fourth-order valence-electron chi connectivity index (χ4n) is 11.5. The van der Waals surface area contributed by atoms with E-state index in [2.05, 4.69) is 19.1 Å². The lowest BCUT2D eigenvalue weighted by Gasteiger charge is -2.25. The summed E-state index contributed by atoms with van der Waals surface area (Å²) in [6.45, 7) is 16.5. The third-order valence-electron chi connectivity index (χ3n) is 16.6. The molecule has 2 aliphatic rings. The monoisotopic (exact) mass is 1410 g/mol. The van der Waals surface area contributed by atoms with Crippen molar-refractivity contribution < 1.29 is 76.5 Å². The molecule has 2 amide bonds. The molecule has 22 nitrogen and oxygen atoms in total. The van der Waals surface area contributed by atoms with Gasteiger partial charge in [-0.3, -0.25) is 49.0 Å². The van der Waals surface area contributed by atoms with Crippen molar-refractivity contribution in [2.75, 3.05) is 39.6 Å². The number of carbonyl (C=O) groups excluding carboxylic acids is 6. The summed E-state index contributed by atoms with van der Waals surface area (Å²) >= 11 is 6.27. The SMILES string of the molecule is CCOC(=O)C(C)(CCOc1ccc([N+](=O)[O-])c(C(C)Oc2cccc(CN3C(=O)C4=C(c5ccc(-c6cc7sc(C)cc7s6)s5)N(Cc5cccc(OC(C)c6cc(OCCC(C)(C(=O)OCC)C(=O)OCC)ccc6[N+](=O)[O-])c5)C(=O)C4=C3c3ccc(C)s3)c2)c1)C(=O)OCC. The van der Waals surface area contributed by atoms with Crippen molar-refractivity contribution in [2.24, 2.45) is 10.8 Å². The minimum absolute atomic E-state index is 0.0134. The van der Waals surface area contributed by atoms with E-state index in [4.69, 9.17) is 37.9 Å². The predicted octanol–water partition coefficient (Wildman–Crippen LogP) is 15.5. The van der Waals surface area contributed by atoms with Crippen LogP contribution in [0.2, 0.25) is 0 Å². The second-order valence-electron chi connectivity index (χ2n) is 23.5. The Kier molecular flexibility index (Phi) is 22.0. The molecule has 0 saturated carbocycles. The molecule has 2 aliphatic heterocycles. The molecule has 0 aliphatic carbocycles. The summed E-state index contributed by atoms with van der Waals surface area (Å²) in [5.74, 6) is -2.83. The smallest absolute Gasteiger partial charge is 0.323 e. The van der Waals surface area contributed by atoms with E-state index in [0.29, 0.717) is 43.8 Å². The molecule has 0 radical (unpaired) electrons. The number of amides is 2. The molecular weight excluding hydrogens is 1340 g/mol. The van der Waals surface area contributed by atoms with Crippen molar-refractivity contribution in [2.45, 2.75) is 107 Å². The van der Waals surface area contributed by atoms with Gasteiger partial charge in [0, 0.05) is 53.9 Å². The van der Waals surface area contributed by atoms with Gasteiger partial charge in [0.05, 0.1) is 106 Å². The zero-order valence-corrected chi connectivity index (χ0v) is 58.8. The van der Waals surface area contributed by atoms with Gasteiger partial charge in [0.15, 0.2) is 10.8 Å². The molecule has 26 heteroatoms. The molecular formula is C72H72N4O18S4. The van der Waals surface area contributed by atoms with E-state index in [1.54, 1.807) is 110 Å². The van der Waals surface area contributed by atoms with Gasteiger partial charge in [0.2, 0.25) is 0 Å². The van der Waals surface area contributed by atoms with Gasteiger partial charge in [0.25, 0.3) is 23.2 Å². The van der Waals surface area contributed by atoms with Crippen LogP contribution in [0.1, 0.15) is 122 Å². The highest BCUT2D eigenvalue weighted by Crippen LogP contribution is 2.51. The standard InChI is InChI=1S/C72H72N4O18S4/c1-11-87-67(79)71(9,68(80)88-12-2)29-31-91-47-22-24-53(75(83)84)51(36-47)43(7)93-49-19-15-17-45(34-49)39-73-63(56-26-21-41(5)95-56)61-62(66(73)78)64(57-28-27-55(97-57)59-38-60-58(98-59)33-42(6)96-60)74(65(61)77)40-46-18-16-20-50(35-46)94-44(8)52-37-48(23-25-54(52)76(85)86)92-32-30-72(10,69(81)89-13-3)70(82)90-14-4/h15-28,33-38,43-44H,11-14,29-32,39-40H2,1-10H3. The summed E-state index contributed by atoms with van der Waals surface area (Å²) in [7, 11) is 0. The van der Waals surface area contributed by atoms with E-state index in [0.717, 1.165) is 24.0 Å². The van der Waals surface area contributed by atoms with Crippen molar-refractivity contribution in [3.63, 3.8) is 0 Å². The van der Waals surface area contributed by atoms with E-state index < -0.39 is 68.6 Å². The number of hydrogen-bond acceptors (Lipinski definition) is 22. The van der Waals surface area contributed by atoms with E-state index >= 15 is 9.59 Å². The molecule has 0 fully saturated rings. The zero-order chi connectivity index (χ0) is 70.3. The van der Waals surface area contributed by atoms with E-state index in [1.807, 2.05) is 43.3 Å². The lowest BCUT2D eigenvalue weighted by atomic mass is 9.87. The highest BCUT2D eigenvalue weighted by atomic mass is 32.1. The topological polar surface area (TPSA) is 269 Å². The number of benzene rings is 4. The van der Waals surface area contributed by atoms with Crippen molar-refractivity contribution in [1.29, 1.82) is 0 Å². The number of nitrogens with zero attached hydrogens (tertiary/aromatic N) is 4. The number of hydrogen-bond donors (Lipinski definition) is 0. The Hall–Kier alpha value is -9.76. The molecule has 2 atom stereocenters. The first-order chi connectivity index (χ1) is 46.9. The quantitative estimate of drug-likeness (QED) is 0.0128. The molecule has 4 aromatic heterocycles. The van der Waals surface area contributed by atoms with Crippen LogP contribution in [0.5, 0.6) is 23.0 Å². The Bertz CT molecular complexity index is 4410. The van der Waals surface area contributed by atoms with Crippen LogP contribution in [0.25, 0.3) is 30.5 Å². The average molecular weight is 1410 g/mol. The summed E-state index contributed by atoms with van der Waals surface area (Å²) in [6, 6.07) is 34.4. The number of thiophene rings is 4. The summed E-state index contributed by atoms with van der Waals surface area (Å²) in [5, 5.41) is 25.0. The van der Waals surface area contributed by atoms with Gasteiger partial charge < -0.3 is 47.7 Å². The third-order valence-corrected chi connectivity index (χ3v) is 21.1. The van der Waals surface area contributed by atoms with Gasteiger partial charge in [0.1, 0.15) is 35.2 Å². The molecule has 0 bridgehead atoms. The predicted molar refractivity (Wildman–Crippen MR) is 372 cm³/mol. The first-order valence-electron chi connectivity index (χ1n) is 31.7. The van der Waals surface area contributed by atoms with Crippen LogP contribution < -0.4 is 18.9 Å². The number of nitro groups is 2. The Morgan fingerprint density at radius 2 is 0.898 bits per heavy atom. The van der Waals surface area contributed by atoms with Gasteiger partial charge in [-0.1, -0.05) is 24.3 Å². The summed E-state index contributed by atoms with van der Waals surface area (Å²) in [5.41, 5.74) is -0.987. The molecule has 6 heterocycles. The summed E-state index contributed by atoms with van der Waals surface area (Å²) in [6.07, 6.45) is -2.09. The largest absolute Gasteiger partial charge is 0.494 e. The minimum atomic E-state index is -1.67. The molecule has 512 valence electrons. The molecule has 0 N–H and O–H groups in total.